The van der Waals surface area contributed by atoms with Gasteiger partial charge in [-0.05, 0) is 20.8 Å². The van der Waals surface area contributed by atoms with Gasteiger partial charge in [-0.2, -0.15) is 0 Å². The maximum absolute atomic E-state index is 5.34. The number of aromatic nitrogens is 2. The molecular formula is C14H25N5O. The van der Waals surface area contributed by atoms with Crippen molar-refractivity contribution in [2.75, 3.05) is 50.0 Å². The van der Waals surface area contributed by atoms with Crippen molar-refractivity contribution in [2.24, 2.45) is 0 Å². The zero-order valence-electron chi connectivity index (χ0n) is 12.6. The molecule has 0 spiro atoms. The standard InChI is InChI=1S/C14H25N5O/c1-14(2,3)18-13-10-12(16-11-17-13)15-4-5-19-6-8-20-9-7-19/h10-11H,4-9H2,1-3H3,(H2,15,16,17,18). The largest absolute Gasteiger partial charge is 0.379 e. The van der Waals surface area contributed by atoms with Gasteiger partial charge in [0.25, 0.3) is 0 Å². The number of anilines is 2. The van der Waals surface area contributed by atoms with Crippen molar-refractivity contribution in [2.45, 2.75) is 26.3 Å². The molecule has 0 saturated carbocycles. The Morgan fingerprint density at radius 3 is 2.60 bits per heavy atom. The van der Waals surface area contributed by atoms with E-state index in [-0.39, 0.29) is 5.54 Å². The van der Waals surface area contributed by atoms with Crippen molar-refractivity contribution in [1.82, 2.24) is 14.9 Å². The molecule has 1 aromatic heterocycles. The van der Waals surface area contributed by atoms with E-state index in [9.17, 15) is 0 Å². The minimum Gasteiger partial charge on any atom is -0.379 e. The third kappa shape index (κ3) is 5.30. The summed E-state index contributed by atoms with van der Waals surface area (Å²) in [6, 6.07) is 1.95. The first-order valence-electron chi connectivity index (χ1n) is 7.17. The van der Waals surface area contributed by atoms with Crippen LogP contribution >= 0.6 is 0 Å². The fourth-order valence-corrected chi connectivity index (χ4v) is 2.07. The summed E-state index contributed by atoms with van der Waals surface area (Å²) in [6.45, 7) is 11.9. The highest BCUT2D eigenvalue weighted by Gasteiger charge is 2.11. The highest BCUT2D eigenvalue weighted by molar-refractivity contribution is 5.47. The minimum absolute atomic E-state index is 0.000571. The van der Waals surface area contributed by atoms with E-state index in [4.69, 9.17) is 4.74 Å². The SMILES string of the molecule is CC(C)(C)Nc1cc(NCCN2CCOCC2)ncn1. The molecule has 6 nitrogen and oxygen atoms in total. The molecule has 112 valence electrons. The van der Waals surface area contributed by atoms with Crippen LogP contribution in [0.25, 0.3) is 0 Å². The van der Waals surface area contributed by atoms with Crippen molar-refractivity contribution in [3.63, 3.8) is 0 Å². The van der Waals surface area contributed by atoms with E-state index in [1.807, 2.05) is 6.07 Å². The molecule has 0 amide bonds. The summed E-state index contributed by atoms with van der Waals surface area (Å²) in [5, 5.41) is 6.69. The highest BCUT2D eigenvalue weighted by Crippen LogP contribution is 2.14. The topological polar surface area (TPSA) is 62.3 Å². The van der Waals surface area contributed by atoms with E-state index < -0.39 is 0 Å². The van der Waals surface area contributed by atoms with E-state index in [2.05, 4.69) is 46.3 Å². The number of nitrogens with one attached hydrogen (secondary N) is 2. The molecule has 1 fully saturated rings. The first-order chi connectivity index (χ1) is 9.53. The van der Waals surface area contributed by atoms with Crippen molar-refractivity contribution in [3.8, 4) is 0 Å². The molecule has 2 rings (SSSR count). The lowest BCUT2D eigenvalue weighted by Crippen LogP contribution is -2.39. The van der Waals surface area contributed by atoms with Crippen LogP contribution in [0, 0.1) is 0 Å². The zero-order chi connectivity index (χ0) is 14.4. The molecule has 0 aliphatic carbocycles. The molecule has 1 aliphatic heterocycles. The van der Waals surface area contributed by atoms with Gasteiger partial charge in [-0.3, -0.25) is 4.90 Å². The van der Waals surface area contributed by atoms with Crippen LogP contribution in [-0.4, -0.2) is 59.8 Å². The first-order valence-corrected chi connectivity index (χ1v) is 7.17. The van der Waals surface area contributed by atoms with Crippen LogP contribution in [0.5, 0.6) is 0 Å². The van der Waals surface area contributed by atoms with E-state index in [0.29, 0.717) is 0 Å². The van der Waals surface area contributed by atoms with E-state index in [1.54, 1.807) is 6.33 Å². The van der Waals surface area contributed by atoms with Crippen LogP contribution in [0.15, 0.2) is 12.4 Å². The smallest absolute Gasteiger partial charge is 0.131 e. The molecule has 2 N–H and O–H groups in total. The van der Waals surface area contributed by atoms with E-state index >= 15 is 0 Å². The molecule has 0 radical (unpaired) electrons. The van der Waals surface area contributed by atoms with Gasteiger partial charge in [0, 0.05) is 37.8 Å². The van der Waals surface area contributed by atoms with Crippen molar-refractivity contribution in [3.05, 3.63) is 12.4 Å². The van der Waals surface area contributed by atoms with Gasteiger partial charge >= 0.3 is 0 Å². The molecule has 0 bridgehead atoms. The number of nitrogens with zero attached hydrogens (tertiary/aromatic N) is 3. The zero-order valence-corrected chi connectivity index (χ0v) is 12.6. The number of morpholine rings is 1. The predicted molar refractivity (Wildman–Crippen MR) is 81.2 cm³/mol. The summed E-state index contributed by atoms with van der Waals surface area (Å²) >= 11 is 0. The second kappa shape index (κ2) is 6.85. The van der Waals surface area contributed by atoms with Crippen LogP contribution < -0.4 is 10.6 Å². The Hall–Kier alpha value is -1.40. The summed E-state index contributed by atoms with van der Waals surface area (Å²) in [6.07, 6.45) is 1.59. The second-order valence-corrected chi connectivity index (χ2v) is 6.04. The Morgan fingerprint density at radius 2 is 1.90 bits per heavy atom. The summed E-state index contributed by atoms with van der Waals surface area (Å²) in [7, 11) is 0. The number of rotatable bonds is 5. The molecule has 6 heteroatoms. The maximum Gasteiger partial charge on any atom is 0.131 e. The van der Waals surface area contributed by atoms with Crippen LogP contribution in [-0.2, 0) is 4.74 Å². The predicted octanol–water partition coefficient (Wildman–Crippen LogP) is 1.43. The molecule has 2 heterocycles. The Labute approximate surface area is 120 Å². The van der Waals surface area contributed by atoms with Gasteiger partial charge < -0.3 is 15.4 Å². The Kier molecular flexibility index (Phi) is 5.14. The van der Waals surface area contributed by atoms with E-state index in [1.165, 1.54) is 0 Å². The summed E-state index contributed by atoms with van der Waals surface area (Å²) in [5.74, 6) is 1.71. The van der Waals surface area contributed by atoms with Crippen LogP contribution in [0.4, 0.5) is 11.6 Å². The third-order valence-corrected chi connectivity index (χ3v) is 3.01. The average Bonchev–Trinajstić information content (AvgIpc) is 2.38. The molecule has 1 saturated heterocycles. The molecular weight excluding hydrogens is 254 g/mol. The van der Waals surface area contributed by atoms with Gasteiger partial charge in [0.05, 0.1) is 13.2 Å². The lowest BCUT2D eigenvalue weighted by Gasteiger charge is -2.26. The molecule has 20 heavy (non-hydrogen) atoms. The third-order valence-electron chi connectivity index (χ3n) is 3.01. The van der Waals surface area contributed by atoms with E-state index in [0.717, 1.165) is 51.0 Å². The number of hydrogen-bond acceptors (Lipinski definition) is 6. The number of ether oxygens (including phenoxy) is 1. The van der Waals surface area contributed by atoms with Gasteiger partial charge in [-0.15, -0.1) is 0 Å². The van der Waals surface area contributed by atoms with Gasteiger partial charge in [0.2, 0.25) is 0 Å². The average molecular weight is 279 g/mol. The van der Waals surface area contributed by atoms with Crippen molar-refractivity contribution < 1.29 is 4.74 Å². The Bertz CT molecular complexity index is 412. The van der Waals surface area contributed by atoms with Gasteiger partial charge in [-0.1, -0.05) is 0 Å². The monoisotopic (exact) mass is 279 g/mol. The van der Waals surface area contributed by atoms with Crippen LogP contribution in [0.1, 0.15) is 20.8 Å². The molecule has 1 aromatic rings. The normalized spacial score (nSPS) is 16.9. The summed E-state index contributed by atoms with van der Waals surface area (Å²) in [5.41, 5.74) is -0.000571. The van der Waals surface area contributed by atoms with Crippen molar-refractivity contribution in [1.29, 1.82) is 0 Å². The molecule has 0 atom stereocenters. The first kappa shape index (κ1) is 15.0. The van der Waals surface area contributed by atoms with Gasteiger partial charge in [0.1, 0.15) is 18.0 Å². The quantitative estimate of drug-likeness (QED) is 0.850. The lowest BCUT2D eigenvalue weighted by atomic mass is 10.1. The number of hydrogen-bond donors (Lipinski definition) is 2. The Balaban J connectivity index is 1.79. The molecule has 1 aliphatic rings. The highest BCUT2D eigenvalue weighted by atomic mass is 16.5. The fourth-order valence-electron chi connectivity index (χ4n) is 2.07. The van der Waals surface area contributed by atoms with Crippen molar-refractivity contribution >= 4 is 11.6 Å². The van der Waals surface area contributed by atoms with Gasteiger partial charge in [0.15, 0.2) is 0 Å². The maximum atomic E-state index is 5.34. The Morgan fingerprint density at radius 1 is 1.20 bits per heavy atom. The lowest BCUT2D eigenvalue weighted by molar-refractivity contribution is 0.0398. The molecule has 0 aromatic carbocycles. The summed E-state index contributed by atoms with van der Waals surface area (Å²) < 4.78 is 5.34. The molecule has 0 unspecified atom stereocenters. The minimum atomic E-state index is -0.000571. The van der Waals surface area contributed by atoms with Crippen LogP contribution in [0.2, 0.25) is 0 Å². The van der Waals surface area contributed by atoms with Gasteiger partial charge in [-0.25, -0.2) is 9.97 Å². The second-order valence-electron chi connectivity index (χ2n) is 6.04. The van der Waals surface area contributed by atoms with Crippen LogP contribution in [0.3, 0.4) is 0 Å². The fraction of sp³-hybridized carbons (Fsp3) is 0.714. The summed E-state index contributed by atoms with van der Waals surface area (Å²) in [4.78, 5) is 10.9.